The molecule has 0 N–H and O–H groups in total. The topological polar surface area (TPSA) is 20.3 Å². The highest BCUT2D eigenvalue weighted by Gasteiger charge is 2.28. The van der Waals surface area contributed by atoms with Gasteiger partial charge in [0.15, 0.2) is 5.78 Å². The zero-order valence-electron chi connectivity index (χ0n) is 12.0. The summed E-state index contributed by atoms with van der Waals surface area (Å²) in [4.78, 5) is 14.5. The zero-order valence-corrected chi connectivity index (χ0v) is 12.0. The van der Waals surface area contributed by atoms with Gasteiger partial charge in [0.1, 0.15) is 0 Å². The van der Waals surface area contributed by atoms with Crippen molar-refractivity contribution < 1.29 is 4.79 Å². The molecular formula is C18H21NO. The fraction of sp³-hybridized carbons (Fsp3) is 0.389. The molecule has 0 bridgehead atoms. The monoisotopic (exact) mass is 267 g/mol. The molecule has 0 saturated carbocycles. The highest BCUT2D eigenvalue weighted by Crippen LogP contribution is 2.33. The van der Waals surface area contributed by atoms with Gasteiger partial charge in [-0.1, -0.05) is 49.4 Å². The number of hydrogen-bond donors (Lipinski definition) is 0. The quantitative estimate of drug-likeness (QED) is 0.829. The lowest BCUT2D eigenvalue weighted by atomic mass is 9.89. The average Bonchev–Trinajstić information content (AvgIpc) is 2.49. The number of hydrogen-bond acceptors (Lipinski definition) is 2. The summed E-state index contributed by atoms with van der Waals surface area (Å²) in [7, 11) is 0. The van der Waals surface area contributed by atoms with Crippen LogP contribution in [-0.2, 0) is 11.3 Å². The first-order chi connectivity index (χ1) is 9.79. The molecular weight excluding hydrogens is 246 g/mol. The van der Waals surface area contributed by atoms with E-state index in [0.717, 1.165) is 31.4 Å². The van der Waals surface area contributed by atoms with Crippen molar-refractivity contribution in [2.45, 2.75) is 45.2 Å². The van der Waals surface area contributed by atoms with Crippen LogP contribution in [0.5, 0.6) is 0 Å². The summed E-state index contributed by atoms with van der Waals surface area (Å²) in [5, 5.41) is 0. The highest BCUT2D eigenvalue weighted by atomic mass is 16.1. The Kier molecular flexibility index (Phi) is 3.72. The van der Waals surface area contributed by atoms with Gasteiger partial charge in [-0.2, -0.15) is 0 Å². The second-order valence-electron chi connectivity index (χ2n) is 5.59. The number of nitrogens with zero attached hydrogens (tertiary/aromatic N) is 1. The van der Waals surface area contributed by atoms with Crippen LogP contribution >= 0.6 is 0 Å². The van der Waals surface area contributed by atoms with Crippen molar-refractivity contribution in [3.05, 3.63) is 59.3 Å². The normalized spacial score (nSPS) is 22.1. The maximum Gasteiger partial charge on any atom is 0.164 e. The SMILES string of the molecule is CCC1C=CC2=C(CCCC2=O)N1Cc1ccccc1. The molecule has 1 aliphatic heterocycles. The van der Waals surface area contributed by atoms with Crippen LogP contribution in [0.4, 0.5) is 0 Å². The molecule has 1 atom stereocenters. The number of Topliss-reactive ketones (excluding diaryl/α,β-unsaturated/α-hetero) is 1. The predicted octanol–water partition coefficient (Wildman–Crippen LogP) is 3.84. The van der Waals surface area contributed by atoms with Gasteiger partial charge >= 0.3 is 0 Å². The lowest BCUT2D eigenvalue weighted by Crippen LogP contribution is -2.37. The van der Waals surface area contributed by atoms with Crippen molar-refractivity contribution in [2.24, 2.45) is 0 Å². The van der Waals surface area contributed by atoms with Crippen molar-refractivity contribution in [3.63, 3.8) is 0 Å². The van der Waals surface area contributed by atoms with E-state index in [1.807, 2.05) is 6.07 Å². The molecule has 1 aromatic rings. The average molecular weight is 267 g/mol. The molecule has 2 aliphatic rings. The van der Waals surface area contributed by atoms with Crippen molar-refractivity contribution in [2.75, 3.05) is 0 Å². The van der Waals surface area contributed by atoms with Gasteiger partial charge in [-0.05, 0) is 24.8 Å². The van der Waals surface area contributed by atoms with Crippen LogP contribution in [0.2, 0.25) is 0 Å². The van der Waals surface area contributed by atoms with Crippen LogP contribution in [0, 0.1) is 0 Å². The Balaban J connectivity index is 1.92. The Morgan fingerprint density at radius 1 is 1.20 bits per heavy atom. The number of carbonyl (C=O) groups excluding carboxylic acids is 1. The Morgan fingerprint density at radius 3 is 2.75 bits per heavy atom. The largest absolute Gasteiger partial charge is 0.363 e. The molecule has 1 heterocycles. The standard InChI is InChI=1S/C18H21NO/c1-2-15-11-12-16-17(9-6-10-18(16)20)19(15)13-14-7-4-3-5-8-14/h3-5,7-8,11-12,15H,2,6,9-10,13H2,1H3. The highest BCUT2D eigenvalue weighted by molar-refractivity contribution is 5.99. The maximum atomic E-state index is 12.1. The third-order valence-electron chi connectivity index (χ3n) is 4.27. The van der Waals surface area contributed by atoms with Gasteiger partial charge < -0.3 is 4.90 Å². The number of ketones is 1. The molecule has 0 saturated heterocycles. The third kappa shape index (κ3) is 2.43. The summed E-state index contributed by atoms with van der Waals surface area (Å²) in [5.41, 5.74) is 3.53. The Labute approximate surface area is 120 Å². The number of benzene rings is 1. The van der Waals surface area contributed by atoms with Gasteiger partial charge in [-0.25, -0.2) is 0 Å². The number of allylic oxidation sites excluding steroid dienone is 3. The molecule has 0 amide bonds. The molecule has 2 heteroatoms. The first-order valence-corrected chi connectivity index (χ1v) is 7.54. The van der Waals surface area contributed by atoms with Crippen molar-refractivity contribution in [3.8, 4) is 0 Å². The van der Waals surface area contributed by atoms with E-state index < -0.39 is 0 Å². The van der Waals surface area contributed by atoms with Crippen molar-refractivity contribution in [1.82, 2.24) is 4.90 Å². The van der Waals surface area contributed by atoms with Crippen molar-refractivity contribution >= 4 is 5.78 Å². The minimum atomic E-state index is 0.315. The van der Waals surface area contributed by atoms with E-state index in [0.29, 0.717) is 18.2 Å². The fourth-order valence-electron chi connectivity index (χ4n) is 3.19. The van der Waals surface area contributed by atoms with Gasteiger partial charge in [0.25, 0.3) is 0 Å². The van der Waals surface area contributed by atoms with Crippen LogP contribution in [0.25, 0.3) is 0 Å². The number of rotatable bonds is 3. The van der Waals surface area contributed by atoms with E-state index >= 15 is 0 Å². The smallest absolute Gasteiger partial charge is 0.164 e. The lowest BCUT2D eigenvalue weighted by Gasteiger charge is -2.39. The molecule has 3 rings (SSSR count). The van der Waals surface area contributed by atoms with Gasteiger partial charge in [0, 0.05) is 30.3 Å². The maximum absolute atomic E-state index is 12.1. The Bertz CT molecular complexity index is 556. The van der Waals surface area contributed by atoms with E-state index in [2.05, 4.69) is 48.2 Å². The van der Waals surface area contributed by atoms with E-state index in [1.165, 1.54) is 11.3 Å². The van der Waals surface area contributed by atoms with Crippen LogP contribution < -0.4 is 0 Å². The summed E-state index contributed by atoms with van der Waals surface area (Å²) in [6.07, 6.45) is 8.08. The van der Waals surface area contributed by atoms with Gasteiger partial charge in [0.05, 0.1) is 0 Å². The summed E-state index contributed by atoms with van der Waals surface area (Å²) < 4.78 is 0. The molecule has 1 aromatic carbocycles. The molecule has 2 nitrogen and oxygen atoms in total. The minimum absolute atomic E-state index is 0.315. The van der Waals surface area contributed by atoms with Crippen LogP contribution in [0.3, 0.4) is 0 Å². The second kappa shape index (κ2) is 5.66. The zero-order chi connectivity index (χ0) is 13.9. The first kappa shape index (κ1) is 13.2. The second-order valence-corrected chi connectivity index (χ2v) is 5.59. The summed E-state index contributed by atoms with van der Waals surface area (Å²) in [6, 6.07) is 11.0. The molecule has 0 fully saturated rings. The van der Waals surface area contributed by atoms with Crippen LogP contribution in [-0.4, -0.2) is 16.7 Å². The van der Waals surface area contributed by atoms with Crippen molar-refractivity contribution in [1.29, 1.82) is 0 Å². The molecule has 20 heavy (non-hydrogen) atoms. The Hall–Kier alpha value is -1.83. The number of carbonyl (C=O) groups is 1. The predicted molar refractivity (Wildman–Crippen MR) is 81.1 cm³/mol. The minimum Gasteiger partial charge on any atom is -0.363 e. The first-order valence-electron chi connectivity index (χ1n) is 7.54. The molecule has 1 aliphatic carbocycles. The molecule has 0 spiro atoms. The molecule has 104 valence electrons. The van der Waals surface area contributed by atoms with E-state index in [-0.39, 0.29) is 0 Å². The third-order valence-corrected chi connectivity index (χ3v) is 4.27. The summed E-state index contributed by atoms with van der Waals surface area (Å²) in [5.74, 6) is 0.315. The van der Waals surface area contributed by atoms with Gasteiger partial charge in [-0.15, -0.1) is 0 Å². The van der Waals surface area contributed by atoms with E-state index in [4.69, 9.17) is 0 Å². The van der Waals surface area contributed by atoms with E-state index in [1.54, 1.807) is 0 Å². The van der Waals surface area contributed by atoms with Gasteiger partial charge in [-0.3, -0.25) is 4.79 Å². The molecule has 0 aromatic heterocycles. The fourth-order valence-corrected chi connectivity index (χ4v) is 3.19. The lowest BCUT2D eigenvalue weighted by molar-refractivity contribution is -0.116. The molecule has 0 radical (unpaired) electrons. The molecule has 1 unspecified atom stereocenters. The van der Waals surface area contributed by atoms with E-state index in [9.17, 15) is 4.79 Å². The summed E-state index contributed by atoms with van der Waals surface area (Å²) in [6.45, 7) is 3.11. The summed E-state index contributed by atoms with van der Waals surface area (Å²) >= 11 is 0. The van der Waals surface area contributed by atoms with Crippen LogP contribution in [0.15, 0.2) is 53.8 Å². The Morgan fingerprint density at radius 2 is 2.00 bits per heavy atom. The van der Waals surface area contributed by atoms with Crippen LogP contribution in [0.1, 0.15) is 38.2 Å². The van der Waals surface area contributed by atoms with Gasteiger partial charge in [0.2, 0.25) is 0 Å².